The fourth-order valence-corrected chi connectivity index (χ4v) is 3.67. The summed E-state index contributed by atoms with van der Waals surface area (Å²) in [6.45, 7) is 8.42. The molecule has 2 heterocycles. The Kier molecular flexibility index (Phi) is 5.58. The molecule has 0 bridgehead atoms. The van der Waals surface area contributed by atoms with Gasteiger partial charge in [-0.2, -0.15) is 0 Å². The highest BCUT2D eigenvalue weighted by molar-refractivity contribution is 7.99. The van der Waals surface area contributed by atoms with Gasteiger partial charge in [0.05, 0.1) is 22.9 Å². The van der Waals surface area contributed by atoms with Crippen LogP contribution in [0.5, 0.6) is 0 Å². The van der Waals surface area contributed by atoms with E-state index >= 15 is 0 Å². The lowest BCUT2D eigenvalue weighted by molar-refractivity contribution is 0.102. The minimum atomic E-state index is 0.0466. The number of ketones is 1. The fraction of sp³-hybridized carbons (Fsp3) is 0.368. The number of aromatic nitrogens is 3. The van der Waals surface area contributed by atoms with Crippen LogP contribution in [0, 0.1) is 6.92 Å². The highest BCUT2D eigenvalue weighted by Crippen LogP contribution is 2.23. The van der Waals surface area contributed by atoms with Crippen molar-refractivity contribution >= 4 is 28.9 Å². The molecule has 0 aliphatic heterocycles. The van der Waals surface area contributed by atoms with Gasteiger partial charge in [-0.3, -0.25) is 4.79 Å². The van der Waals surface area contributed by atoms with Gasteiger partial charge in [-0.05, 0) is 17.9 Å². The van der Waals surface area contributed by atoms with E-state index in [0.717, 1.165) is 10.7 Å². The van der Waals surface area contributed by atoms with Crippen LogP contribution in [-0.4, -0.2) is 26.7 Å². The highest BCUT2D eigenvalue weighted by Gasteiger charge is 2.15. The zero-order valence-electron chi connectivity index (χ0n) is 15.3. The Balaban J connectivity index is 1.56. The van der Waals surface area contributed by atoms with Gasteiger partial charge in [0.15, 0.2) is 5.78 Å². The Morgan fingerprint density at radius 3 is 2.54 bits per heavy atom. The Bertz CT molecular complexity index is 892. The smallest absolute Gasteiger partial charge is 0.277 e. The van der Waals surface area contributed by atoms with E-state index in [2.05, 4.69) is 36.0 Å². The molecule has 0 saturated heterocycles. The number of aryl methyl sites for hydroxylation is 1. The lowest BCUT2D eigenvalue weighted by Gasteiger charge is -2.18. The van der Waals surface area contributed by atoms with Crippen molar-refractivity contribution in [2.75, 3.05) is 5.75 Å². The molecule has 5 nitrogen and oxygen atoms in total. The fourth-order valence-electron chi connectivity index (χ4n) is 2.38. The average Bonchev–Trinajstić information content (AvgIpc) is 3.21. The summed E-state index contributed by atoms with van der Waals surface area (Å²) in [6.07, 6.45) is 0.514. The summed E-state index contributed by atoms with van der Waals surface area (Å²) in [7, 11) is 0. The highest BCUT2D eigenvalue weighted by atomic mass is 32.2. The van der Waals surface area contributed by atoms with E-state index in [-0.39, 0.29) is 17.0 Å². The number of hydrogen-bond acceptors (Lipinski definition) is 7. The van der Waals surface area contributed by atoms with Gasteiger partial charge in [0.1, 0.15) is 0 Å². The molecule has 3 aromatic rings. The summed E-state index contributed by atoms with van der Waals surface area (Å²) >= 11 is 2.86. The summed E-state index contributed by atoms with van der Waals surface area (Å²) in [5, 5.41) is 11.4. The van der Waals surface area contributed by atoms with Crippen molar-refractivity contribution in [2.45, 2.75) is 44.8 Å². The van der Waals surface area contributed by atoms with Gasteiger partial charge in [-0.25, -0.2) is 4.98 Å². The van der Waals surface area contributed by atoms with Crippen LogP contribution in [0.25, 0.3) is 0 Å². The first-order valence-electron chi connectivity index (χ1n) is 8.31. The number of carbonyl (C=O) groups is 1. The van der Waals surface area contributed by atoms with Crippen LogP contribution in [0.4, 0.5) is 0 Å². The molecular weight excluding hydrogens is 366 g/mol. The Hall–Kier alpha value is -1.99. The molecule has 0 unspecified atom stereocenters. The van der Waals surface area contributed by atoms with Crippen LogP contribution >= 0.6 is 23.1 Å². The standard InChI is InChI=1S/C19H21N3O2S2/c1-12-20-15(10-25-12)9-17-21-22-18(24-17)26-11-16(23)13-5-7-14(8-6-13)19(2,3)4/h5-8,10H,9,11H2,1-4H3. The van der Waals surface area contributed by atoms with Crippen molar-refractivity contribution < 1.29 is 9.21 Å². The number of hydrogen-bond donors (Lipinski definition) is 0. The Labute approximate surface area is 161 Å². The average molecular weight is 388 g/mol. The number of rotatable bonds is 6. The molecule has 1 aromatic carbocycles. The van der Waals surface area contributed by atoms with Gasteiger partial charge >= 0.3 is 0 Å². The number of nitrogens with zero attached hydrogens (tertiary/aromatic N) is 3. The molecule has 0 aliphatic carbocycles. The molecule has 0 saturated carbocycles. The molecule has 0 atom stereocenters. The second-order valence-corrected chi connectivity index (χ2v) is 9.02. The molecule has 0 radical (unpaired) electrons. The quantitative estimate of drug-likeness (QED) is 0.451. The number of carbonyl (C=O) groups excluding carboxylic acids is 1. The van der Waals surface area contributed by atoms with Crippen molar-refractivity contribution in [3.63, 3.8) is 0 Å². The Morgan fingerprint density at radius 1 is 1.19 bits per heavy atom. The molecule has 2 aromatic heterocycles. The topological polar surface area (TPSA) is 68.9 Å². The van der Waals surface area contributed by atoms with Gasteiger partial charge in [-0.15, -0.1) is 21.5 Å². The molecule has 0 aliphatic rings. The SMILES string of the molecule is Cc1nc(Cc2nnc(SCC(=O)c3ccc(C(C)(C)C)cc3)o2)cs1. The van der Waals surface area contributed by atoms with Crippen molar-refractivity contribution in [1.29, 1.82) is 0 Å². The first-order valence-corrected chi connectivity index (χ1v) is 10.2. The number of Topliss-reactive ketones (excluding diaryl/α,β-unsaturated/α-hetero) is 1. The maximum absolute atomic E-state index is 12.4. The Morgan fingerprint density at radius 2 is 1.92 bits per heavy atom. The van der Waals surface area contributed by atoms with Crippen molar-refractivity contribution in [3.05, 3.63) is 57.4 Å². The van der Waals surface area contributed by atoms with Crippen LogP contribution in [0.1, 0.15) is 53.3 Å². The van der Waals surface area contributed by atoms with Crippen molar-refractivity contribution in [3.8, 4) is 0 Å². The molecule has 0 spiro atoms. The van der Waals surface area contributed by atoms with E-state index in [4.69, 9.17) is 4.42 Å². The van der Waals surface area contributed by atoms with Crippen molar-refractivity contribution in [2.24, 2.45) is 0 Å². The summed E-state index contributed by atoms with van der Waals surface area (Å²) < 4.78 is 5.60. The molecule has 136 valence electrons. The van der Waals surface area contributed by atoms with E-state index < -0.39 is 0 Å². The van der Waals surface area contributed by atoms with Gasteiger partial charge in [0.25, 0.3) is 5.22 Å². The molecule has 0 amide bonds. The van der Waals surface area contributed by atoms with E-state index in [9.17, 15) is 4.79 Å². The number of benzene rings is 1. The van der Waals surface area contributed by atoms with Gasteiger partial charge < -0.3 is 4.42 Å². The largest absolute Gasteiger partial charge is 0.416 e. The first kappa shape index (κ1) is 18.8. The third kappa shape index (κ3) is 4.80. The van der Waals surface area contributed by atoms with Gasteiger partial charge in [0.2, 0.25) is 5.89 Å². The van der Waals surface area contributed by atoms with Crippen LogP contribution in [0.15, 0.2) is 39.3 Å². The van der Waals surface area contributed by atoms with E-state index in [0.29, 0.717) is 23.1 Å². The molecule has 3 rings (SSSR count). The molecule has 0 fully saturated rings. The van der Waals surface area contributed by atoms with Crippen LogP contribution in [-0.2, 0) is 11.8 Å². The summed E-state index contributed by atoms with van der Waals surface area (Å²) in [5.41, 5.74) is 2.90. The second-order valence-electron chi connectivity index (χ2n) is 7.04. The van der Waals surface area contributed by atoms with Gasteiger partial charge in [-0.1, -0.05) is 56.8 Å². The third-order valence-corrected chi connectivity index (χ3v) is 5.49. The predicted molar refractivity (Wildman–Crippen MR) is 104 cm³/mol. The monoisotopic (exact) mass is 387 g/mol. The number of thiazole rings is 1. The number of thioether (sulfide) groups is 1. The van der Waals surface area contributed by atoms with E-state index in [1.807, 2.05) is 36.6 Å². The summed E-state index contributed by atoms with van der Waals surface area (Å²) in [4.78, 5) is 16.7. The predicted octanol–water partition coefficient (Wildman–Crippen LogP) is 4.70. The molecule has 0 N–H and O–H groups in total. The molecular formula is C19H21N3O2S2. The maximum Gasteiger partial charge on any atom is 0.277 e. The lowest BCUT2D eigenvalue weighted by atomic mass is 9.86. The molecule has 7 heteroatoms. The lowest BCUT2D eigenvalue weighted by Crippen LogP contribution is -2.11. The van der Waals surface area contributed by atoms with Crippen LogP contribution in [0.3, 0.4) is 0 Å². The second kappa shape index (κ2) is 7.72. The summed E-state index contributed by atoms with van der Waals surface area (Å²) in [5.74, 6) is 0.830. The van der Waals surface area contributed by atoms with E-state index in [1.165, 1.54) is 17.3 Å². The van der Waals surface area contributed by atoms with Crippen LogP contribution < -0.4 is 0 Å². The zero-order chi connectivity index (χ0) is 18.7. The van der Waals surface area contributed by atoms with Gasteiger partial charge in [0, 0.05) is 10.9 Å². The third-order valence-electron chi connectivity index (χ3n) is 3.85. The first-order chi connectivity index (χ1) is 12.3. The summed E-state index contributed by atoms with van der Waals surface area (Å²) in [6, 6.07) is 7.79. The normalized spacial score (nSPS) is 11.7. The maximum atomic E-state index is 12.4. The minimum absolute atomic E-state index is 0.0466. The van der Waals surface area contributed by atoms with Crippen LogP contribution in [0.2, 0.25) is 0 Å². The zero-order valence-corrected chi connectivity index (χ0v) is 16.9. The minimum Gasteiger partial charge on any atom is -0.416 e. The molecule has 26 heavy (non-hydrogen) atoms. The van der Waals surface area contributed by atoms with Crippen molar-refractivity contribution in [1.82, 2.24) is 15.2 Å². The van der Waals surface area contributed by atoms with E-state index in [1.54, 1.807) is 11.3 Å².